The Morgan fingerprint density at radius 3 is 1.95 bits per heavy atom. The van der Waals surface area contributed by atoms with Gasteiger partial charge in [-0.2, -0.15) is 0 Å². The zero-order chi connectivity index (χ0) is 14.8. The van der Waals surface area contributed by atoms with Gasteiger partial charge in [0.05, 0.1) is 10.2 Å². The molecule has 0 aliphatic rings. The highest BCUT2D eigenvalue weighted by atomic mass is 28.1. The van der Waals surface area contributed by atoms with E-state index in [4.69, 9.17) is 14.2 Å². The van der Waals surface area contributed by atoms with E-state index in [1.165, 1.54) is 12.8 Å². The molecule has 0 bridgehead atoms. The maximum Gasteiger partial charge on any atom is 0.203 e. The summed E-state index contributed by atoms with van der Waals surface area (Å²) >= 11 is 0. The number of unbranched alkanes of at least 4 members (excludes halogenated alkanes) is 2. The molecule has 0 saturated heterocycles. The van der Waals surface area contributed by atoms with Gasteiger partial charge in [-0.05, 0) is 33.7 Å². The zero-order valence-corrected chi connectivity index (χ0v) is 15.7. The number of ether oxygens (including phenoxy) is 3. The lowest BCUT2D eigenvalue weighted by molar-refractivity contribution is -0.302. The smallest absolute Gasteiger partial charge is 0.203 e. The summed E-state index contributed by atoms with van der Waals surface area (Å²) in [6.07, 6.45) is 3.48. The van der Waals surface area contributed by atoms with Gasteiger partial charge in [-0.15, -0.1) is 0 Å². The summed E-state index contributed by atoms with van der Waals surface area (Å²) in [5.41, 5.74) is 0. The summed E-state index contributed by atoms with van der Waals surface area (Å²) in [4.78, 5) is 0. The van der Waals surface area contributed by atoms with Gasteiger partial charge in [0.2, 0.25) is 5.79 Å². The third-order valence-corrected chi connectivity index (χ3v) is 4.91. The molecule has 0 fully saturated rings. The third-order valence-electron chi connectivity index (χ3n) is 3.36. The lowest BCUT2D eigenvalue weighted by Gasteiger charge is -2.45. The van der Waals surface area contributed by atoms with Crippen LogP contribution in [0.5, 0.6) is 0 Å². The normalized spacial score (nSPS) is 15.6. The van der Waals surface area contributed by atoms with E-state index in [1.54, 1.807) is 0 Å². The summed E-state index contributed by atoms with van der Waals surface area (Å²) in [5, 5.41) is 2.94. The zero-order valence-electron chi connectivity index (χ0n) is 13.7. The topological polar surface area (TPSA) is 39.7 Å². The van der Waals surface area contributed by atoms with Crippen molar-refractivity contribution in [3.63, 3.8) is 0 Å². The summed E-state index contributed by atoms with van der Waals surface area (Å²) < 4.78 is 17.9. The quantitative estimate of drug-likeness (QED) is 0.337. The first-order chi connectivity index (χ1) is 8.99. The molecule has 5 heteroatoms. The molecule has 19 heavy (non-hydrogen) atoms. The van der Waals surface area contributed by atoms with Crippen molar-refractivity contribution in [1.29, 1.82) is 0 Å². The van der Waals surface area contributed by atoms with Gasteiger partial charge in [0.1, 0.15) is 5.35 Å². The van der Waals surface area contributed by atoms with E-state index in [-0.39, 0.29) is 0 Å². The number of hydrogen-bond donors (Lipinski definition) is 1. The maximum atomic E-state index is 6.14. The fraction of sp³-hybridized carbons (Fsp3) is 1.00. The highest BCUT2D eigenvalue weighted by molar-refractivity contribution is 6.15. The van der Waals surface area contributed by atoms with Crippen LogP contribution in [0.1, 0.15) is 53.9 Å². The van der Waals surface area contributed by atoms with Crippen molar-refractivity contribution in [2.75, 3.05) is 26.4 Å². The molecule has 0 aromatic carbocycles. The molecular formula is C14H33NO3Si. The molecule has 1 unspecified atom stereocenters. The second-order valence-electron chi connectivity index (χ2n) is 4.93. The molecule has 0 saturated carbocycles. The van der Waals surface area contributed by atoms with Gasteiger partial charge in [0, 0.05) is 19.8 Å². The fourth-order valence-electron chi connectivity index (χ4n) is 2.18. The van der Waals surface area contributed by atoms with Crippen LogP contribution in [0.2, 0.25) is 0 Å². The number of nitrogens with one attached hydrogen (secondary N) is 1. The SMILES string of the molecule is CCCCCOC([SiH3])(NCC)C(C)(OCC)OCC. The van der Waals surface area contributed by atoms with Gasteiger partial charge in [0.15, 0.2) is 0 Å². The summed E-state index contributed by atoms with van der Waals surface area (Å²) in [5.74, 6) is -0.717. The number of rotatable bonds is 12. The Morgan fingerprint density at radius 1 is 0.947 bits per heavy atom. The molecule has 1 N–H and O–H groups in total. The predicted octanol–water partition coefficient (Wildman–Crippen LogP) is 1.61. The lowest BCUT2D eigenvalue weighted by atomic mass is 10.2. The Morgan fingerprint density at radius 2 is 1.53 bits per heavy atom. The summed E-state index contributed by atoms with van der Waals surface area (Å²) in [6.45, 7) is 13.1. The van der Waals surface area contributed by atoms with Crippen LogP contribution in [0.25, 0.3) is 0 Å². The molecular weight excluding hydrogens is 258 g/mol. The Kier molecular flexibility index (Phi) is 9.91. The van der Waals surface area contributed by atoms with Crippen LogP contribution >= 0.6 is 0 Å². The first-order valence-corrected chi connectivity index (χ1v) is 8.66. The van der Waals surface area contributed by atoms with Crippen LogP contribution in [0.4, 0.5) is 0 Å². The number of hydrogen-bond acceptors (Lipinski definition) is 4. The van der Waals surface area contributed by atoms with Crippen molar-refractivity contribution >= 4 is 10.2 Å². The molecule has 0 radical (unpaired) electrons. The van der Waals surface area contributed by atoms with Crippen molar-refractivity contribution in [3.05, 3.63) is 0 Å². The molecule has 0 aliphatic carbocycles. The lowest BCUT2D eigenvalue weighted by Crippen LogP contribution is -2.66. The van der Waals surface area contributed by atoms with Crippen LogP contribution in [0, 0.1) is 0 Å². The Labute approximate surface area is 122 Å². The van der Waals surface area contributed by atoms with Crippen LogP contribution in [-0.4, -0.2) is 47.7 Å². The van der Waals surface area contributed by atoms with E-state index in [0.717, 1.165) is 29.8 Å². The summed E-state index contributed by atoms with van der Waals surface area (Å²) in [6, 6.07) is 0. The molecule has 0 aliphatic heterocycles. The van der Waals surface area contributed by atoms with Gasteiger partial charge < -0.3 is 14.2 Å². The average molecular weight is 292 g/mol. The van der Waals surface area contributed by atoms with E-state index >= 15 is 0 Å². The highest BCUT2D eigenvalue weighted by Gasteiger charge is 2.47. The van der Waals surface area contributed by atoms with Gasteiger partial charge in [-0.25, -0.2) is 0 Å². The Balaban J connectivity index is 4.76. The second-order valence-corrected chi connectivity index (χ2v) is 6.34. The Bertz CT molecular complexity index is 223. The van der Waals surface area contributed by atoms with Crippen LogP contribution in [-0.2, 0) is 14.2 Å². The van der Waals surface area contributed by atoms with Crippen LogP contribution in [0.15, 0.2) is 0 Å². The van der Waals surface area contributed by atoms with Gasteiger partial charge in [-0.1, -0.05) is 26.7 Å². The van der Waals surface area contributed by atoms with Crippen molar-refractivity contribution in [1.82, 2.24) is 5.32 Å². The van der Waals surface area contributed by atoms with Crippen LogP contribution in [0.3, 0.4) is 0 Å². The molecule has 0 amide bonds. The maximum absolute atomic E-state index is 6.14. The largest absolute Gasteiger partial charge is 0.359 e. The van der Waals surface area contributed by atoms with E-state index in [0.29, 0.717) is 13.2 Å². The van der Waals surface area contributed by atoms with Crippen LogP contribution < -0.4 is 5.32 Å². The van der Waals surface area contributed by atoms with Gasteiger partial charge in [0.25, 0.3) is 0 Å². The fourth-order valence-corrected chi connectivity index (χ4v) is 3.02. The van der Waals surface area contributed by atoms with E-state index in [1.807, 2.05) is 20.8 Å². The van der Waals surface area contributed by atoms with Crippen molar-refractivity contribution in [2.24, 2.45) is 0 Å². The minimum atomic E-state index is -0.717. The van der Waals surface area contributed by atoms with Gasteiger partial charge >= 0.3 is 0 Å². The first-order valence-electron chi connectivity index (χ1n) is 7.66. The standard InChI is InChI=1S/C14H33NO3Si/c1-6-10-11-12-18-14(19,15-7-2)13(5,16-8-3)17-9-4/h15H,6-12H2,1-5,19H3. The molecule has 0 rings (SSSR count). The monoisotopic (exact) mass is 291 g/mol. The average Bonchev–Trinajstić information content (AvgIpc) is 2.35. The second kappa shape index (κ2) is 9.88. The van der Waals surface area contributed by atoms with E-state index in [2.05, 4.69) is 19.2 Å². The summed E-state index contributed by atoms with van der Waals surface area (Å²) in [7, 11) is 0.799. The Hall–Kier alpha value is 0.0569. The number of likely N-dealkylation sites (N-methyl/N-ethyl adjacent to an activating group) is 1. The third kappa shape index (κ3) is 5.91. The molecule has 0 spiro atoms. The van der Waals surface area contributed by atoms with E-state index in [9.17, 15) is 0 Å². The molecule has 0 aromatic heterocycles. The molecule has 1 atom stereocenters. The minimum Gasteiger partial charge on any atom is -0.359 e. The predicted molar refractivity (Wildman–Crippen MR) is 83.5 cm³/mol. The van der Waals surface area contributed by atoms with Crippen molar-refractivity contribution < 1.29 is 14.2 Å². The first kappa shape index (κ1) is 19.1. The highest BCUT2D eigenvalue weighted by Crippen LogP contribution is 2.27. The minimum absolute atomic E-state index is 0.499. The molecule has 116 valence electrons. The molecule has 4 nitrogen and oxygen atoms in total. The molecule has 0 aromatic rings. The molecule has 0 heterocycles. The van der Waals surface area contributed by atoms with Crippen molar-refractivity contribution in [2.45, 2.75) is 65.0 Å². The van der Waals surface area contributed by atoms with Gasteiger partial charge in [-0.3, -0.25) is 5.32 Å². The van der Waals surface area contributed by atoms with Crippen molar-refractivity contribution in [3.8, 4) is 0 Å². The van der Waals surface area contributed by atoms with E-state index < -0.39 is 11.1 Å².